The van der Waals surface area contributed by atoms with Gasteiger partial charge in [-0.3, -0.25) is 0 Å². The highest BCUT2D eigenvalue weighted by atomic mass is 16.6. The van der Waals surface area contributed by atoms with Crippen LogP contribution >= 0.6 is 0 Å². The Morgan fingerprint density at radius 2 is 1.91 bits per heavy atom. The fourth-order valence-electron chi connectivity index (χ4n) is 6.28. The predicted molar refractivity (Wildman–Crippen MR) is 135 cm³/mol. The van der Waals surface area contributed by atoms with Crippen LogP contribution in [-0.2, 0) is 16.8 Å². The van der Waals surface area contributed by atoms with E-state index >= 15 is 0 Å². The van der Waals surface area contributed by atoms with Crippen molar-refractivity contribution in [3.8, 4) is 5.75 Å². The third kappa shape index (κ3) is 4.91. The molecule has 0 radical (unpaired) electrons. The minimum atomic E-state index is -0.836. The van der Waals surface area contributed by atoms with E-state index in [1.165, 1.54) is 12.8 Å². The summed E-state index contributed by atoms with van der Waals surface area (Å²) >= 11 is 0. The third-order valence-electron chi connectivity index (χ3n) is 8.58. The van der Waals surface area contributed by atoms with E-state index in [1.54, 1.807) is 12.0 Å². The minimum Gasteiger partial charge on any atom is -0.497 e. The van der Waals surface area contributed by atoms with Crippen molar-refractivity contribution in [2.45, 2.75) is 62.2 Å². The predicted octanol–water partition coefficient (Wildman–Crippen LogP) is 4.60. The van der Waals surface area contributed by atoms with Gasteiger partial charge in [-0.05, 0) is 74.2 Å². The van der Waals surface area contributed by atoms with Gasteiger partial charge in [0.2, 0.25) is 0 Å². The lowest BCUT2D eigenvalue weighted by molar-refractivity contribution is -0.133. The van der Waals surface area contributed by atoms with Gasteiger partial charge >= 0.3 is 6.09 Å². The van der Waals surface area contributed by atoms with Gasteiger partial charge in [0.15, 0.2) is 0 Å². The number of likely N-dealkylation sites (tertiary alicyclic amines) is 1. The van der Waals surface area contributed by atoms with Crippen molar-refractivity contribution in [2.75, 3.05) is 33.8 Å². The van der Waals surface area contributed by atoms with Gasteiger partial charge in [0, 0.05) is 31.6 Å². The SMILES string of the molecule is COc1cccc([C@@]23CCN(CC4CC4)C[C@@]2(O)CC[C@@H](N(C)C(=O)OCc2ccccc2)C3)c1. The number of benzene rings is 2. The molecule has 2 saturated carbocycles. The Morgan fingerprint density at radius 3 is 2.66 bits per heavy atom. The second-order valence-corrected chi connectivity index (χ2v) is 10.8. The zero-order chi connectivity index (χ0) is 24.5. The summed E-state index contributed by atoms with van der Waals surface area (Å²) in [4.78, 5) is 17.2. The van der Waals surface area contributed by atoms with Crippen LogP contribution in [0.3, 0.4) is 0 Å². The number of carbonyl (C=O) groups is 1. The number of nitrogens with zero attached hydrogens (tertiary/aromatic N) is 2. The summed E-state index contributed by atoms with van der Waals surface area (Å²) in [6, 6.07) is 17.9. The fourth-order valence-corrected chi connectivity index (χ4v) is 6.28. The van der Waals surface area contributed by atoms with Crippen LogP contribution in [0.25, 0.3) is 0 Å². The molecule has 0 aromatic heterocycles. The van der Waals surface area contributed by atoms with Crippen LogP contribution in [0.2, 0.25) is 0 Å². The van der Waals surface area contributed by atoms with Gasteiger partial charge in [-0.25, -0.2) is 4.79 Å². The number of hydrogen-bond donors (Lipinski definition) is 1. The van der Waals surface area contributed by atoms with E-state index in [0.29, 0.717) is 19.4 Å². The lowest BCUT2D eigenvalue weighted by Gasteiger charge is -2.59. The Bertz CT molecular complexity index is 1030. The van der Waals surface area contributed by atoms with Crippen LogP contribution in [0.5, 0.6) is 5.75 Å². The summed E-state index contributed by atoms with van der Waals surface area (Å²) in [6.07, 6.45) is 5.32. The van der Waals surface area contributed by atoms with Gasteiger partial charge in [0.25, 0.3) is 0 Å². The summed E-state index contributed by atoms with van der Waals surface area (Å²) < 4.78 is 11.2. The average Bonchev–Trinajstić information content (AvgIpc) is 3.71. The first-order valence-corrected chi connectivity index (χ1v) is 13.0. The molecular weight excluding hydrogens is 440 g/mol. The number of carbonyl (C=O) groups excluding carboxylic acids is 1. The summed E-state index contributed by atoms with van der Waals surface area (Å²) in [7, 11) is 3.52. The molecule has 3 aliphatic rings. The molecule has 35 heavy (non-hydrogen) atoms. The second kappa shape index (κ2) is 9.82. The monoisotopic (exact) mass is 478 g/mol. The molecule has 0 bridgehead atoms. The van der Waals surface area contributed by atoms with E-state index in [1.807, 2.05) is 49.5 Å². The molecule has 2 aromatic carbocycles. The van der Waals surface area contributed by atoms with E-state index in [-0.39, 0.29) is 18.7 Å². The zero-order valence-corrected chi connectivity index (χ0v) is 21.0. The average molecular weight is 479 g/mol. The zero-order valence-electron chi connectivity index (χ0n) is 21.0. The molecule has 0 spiro atoms. The van der Waals surface area contributed by atoms with Gasteiger partial charge in [-0.15, -0.1) is 0 Å². The number of hydrogen-bond acceptors (Lipinski definition) is 5. The van der Waals surface area contributed by atoms with Crippen LogP contribution in [0.1, 0.15) is 49.7 Å². The van der Waals surface area contributed by atoms with Crippen LogP contribution < -0.4 is 4.74 Å². The smallest absolute Gasteiger partial charge is 0.410 e. The fraction of sp³-hybridized carbons (Fsp3) is 0.552. The van der Waals surface area contributed by atoms with Crippen LogP contribution in [0.4, 0.5) is 4.79 Å². The first kappa shape index (κ1) is 24.1. The molecule has 1 heterocycles. The maximum atomic E-state index is 13.0. The quantitative estimate of drug-likeness (QED) is 0.630. The lowest BCUT2D eigenvalue weighted by atomic mass is 9.55. The van der Waals surface area contributed by atoms with Gasteiger partial charge in [-0.2, -0.15) is 0 Å². The van der Waals surface area contributed by atoms with Crippen molar-refractivity contribution in [2.24, 2.45) is 5.92 Å². The molecule has 188 valence electrons. The number of β-amino-alcohol motifs (C(OH)–C–C–N with tert-alkyl or cyclic N) is 1. The molecule has 1 amide bonds. The van der Waals surface area contributed by atoms with Crippen molar-refractivity contribution >= 4 is 6.09 Å². The van der Waals surface area contributed by atoms with E-state index in [9.17, 15) is 9.90 Å². The first-order valence-electron chi connectivity index (χ1n) is 13.0. The Hall–Kier alpha value is -2.57. The number of fused-ring (bicyclic) bond motifs is 1. The first-order chi connectivity index (χ1) is 16.9. The Balaban J connectivity index is 1.37. The van der Waals surface area contributed by atoms with E-state index in [0.717, 1.165) is 48.7 Å². The number of aliphatic hydroxyl groups is 1. The highest BCUT2D eigenvalue weighted by molar-refractivity contribution is 5.67. The van der Waals surface area contributed by atoms with Crippen molar-refractivity contribution < 1.29 is 19.4 Å². The maximum absolute atomic E-state index is 13.0. The number of ether oxygens (including phenoxy) is 2. The molecule has 0 unspecified atom stereocenters. The van der Waals surface area contributed by atoms with Crippen molar-refractivity contribution in [3.05, 3.63) is 65.7 Å². The molecule has 3 fully saturated rings. The molecule has 1 aliphatic heterocycles. The summed E-state index contributed by atoms with van der Waals surface area (Å²) in [6.45, 7) is 3.00. The summed E-state index contributed by atoms with van der Waals surface area (Å²) in [5.74, 6) is 1.60. The topological polar surface area (TPSA) is 62.2 Å². The van der Waals surface area contributed by atoms with E-state index in [4.69, 9.17) is 9.47 Å². The van der Waals surface area contributed by atoms with Crippen LogP contribution in [0, 0.1) is 5.92 Å². The molecule has 6 nitrogen and oxygen atoms in total. The molecule has 2 aromatic rings. The lowest BCUT2D eigenvalue weighted by Crippen LogP contribution is -2.67. The summed E-state index contributed by atoms with van der Waals surface area (Å²) in [5, 5.41) is 12.2. The van der Waals surface area contributed by atoms with Gasteiger partial charge in [-0.1, -0.05) is 42.5 Å². The van der Waals surface area contributed by atoms with E-state index in [2.05, 4.69) is 17.0 Å². The van der Waals surface area contributed by atoms with Gasteiger partial charge < -0.3 is 24.4 Å². The number of piperidine rings is 1. The minimum absolute atomic E-state index is 0.000249. The number of amides is 1. The molecule has 3 atom stereocenters. The van der Waals surface area contributed by atoms with Crippen LogP contribution in [-0.4, -0.2) is 66.4 Å². The van der Waals surface area contributed by atoms with Crippen molar-refractivity contribution in [1.29, 1.82) is 0 Å². The molecule has 1 saturated heterocycles. The maximum Gasteiger partial charge on any atom is 0.410 e. The number of rotatable bonds is 7. The second-order valence-electron chi connectivity index (χ2n) is 10.8. The Kier molecular flexibility index (Phi) is 6.78. The van der Waals surface area contributed by atoms with Crippen LogP contribution in [0.15, 0.2) is 54.6 Å². The molecule has 6 heteroatoms. The van der Waals surface area contributed by atoms with Crippen molar-refractivity contribution in [3.63, 3.8) is 0 Å². The molecule has 5 rings (SSSR count). The molecule has 2 aliphatic carbocycles. The third-order valence-corrected chi connectivity index (χ3v) is 8.58. The summed E-state index contributed by atoms with van der Waals surface area (Å²) in [5.41, 5.74) is 0.820. The van der Waals surface area contributed by atoms with E-state index < -0.39 is 11.0 Å². The van der Waals surface area contributed by atoms with Gasteiger partial charge in [0.1, 0.15) is 12.4 Å². The number of methoxy groups -OCH3 is 1. The molecular formula is C29H38N2O4. The normalized spacial score (nSPS) is 28.7. The highest BCUT2D eigenvalue weighted by Crippen LogP contribution is 2.53. The van der Waals surface area contributed by atoms with Gasteiger partial charge in [0.05, 0.1) is 12.7 Å². The molecule has 1 N–H and O–H groups in total. The standard InChI is InChI=1S/C29H38N2O4/c1-30(27(32)35-20-23-7-4-3-5-8-23)25-13-14-29(33)21-31(19-22-11-12-22)16-15-28(29,18-25)24-9-6-10-26(17-24)34-2/h3-10,17,22,25,33H,11-16,18-21H2,1-2H3/t25-,28+,29+/m1/s1. The Morgan fingerprint density at radius 1 is 1.11 bits per heavy atom. The Labute approximate surface area is 208 Å². The van der Waals surface area contributed by atoms with Crippen molar-refractivity contribution in [1.82, 2.24) is 9.80 Å². The highest BCUT2D eigenvalue weighted by Gasteiger charge is 2.58. The largest absolute Gasteiger partial charge is 0.497 e.